The first-order valence-electron chi connectivity index (χ1n) is 13.4. The molecule has 242 valence electrons. The number of ether oxygens (including phenoxy) is 1. The van der Waals surface area contributed by atoms with Crippen LogP contribution in [0.3, 0.4) is 0 Å². The van der Waals surface area contributed by atoms with Crippen LogP contribution in [-0.2, 0) is 22.3 Å². The van der Waals surface area contributed by atoms with Gasteiger partial charge in [0.05, 0.1) is 5.56 Å². The Balaban J connectivity index is 1.43. The monoisotopic (exact) mass is 634 g/mol. The van der Waals surface area contributed by atoms with Crippen molar-refractivity contribution >= 4 is 17.7 Å². The fraction of sp³-hybridized carbons (Fsp3) is 0.692. The first-order chi connectivity index (χ1) is 19.7. The quantitative estimate of drug-likeness (QED) is 0.456. The zero-order chi connectivity index (χ0) is 32.1. The molecule has 4 rings (SSSR count). The van der Waals surface area contributed by atoms with Gasteiger partial charge >= 0.3 is 30.6 Å². The molecule has 1 aromatic rings. The molecule has 0 saturated carbocycles. The van der Waals surface area contributed by atoms with Gasteiger partial charge in [-0.1, -0.05) is 6.07 Å². The molecule has 0 spiro atoms. The highest BCUT2D eigenvalue weighted by Gasteiger charge is 2.60. The van der Waals surface area contributed by atoms with Crippen LogP contribution in [0.2, 0.25) is 0 Å². The number of nitrogens with zero attached hydrogens (tertiary/aromatic N) is 4. The van der Waals surface area contributed by atoms with Crippen LogP contribution in [0.4, 0.5) is 50.0 Å². The largest absolute Gasteiger partial charge is 0.480 e. The number of anilines is 1. The Bertz CT molecular complexity index is 1170. The second-order valence-electron chi connectivity index (χ2n) is 11.6. The topological polar surface area (TPSA) is 76.6 Å². The number of piperazine rings is 1. The molecule has 0 radical (unpaired) electrons. The number of amides is 1. The summed E-state index contributed by atoms with van der Waals surface area (Å²) in [6.45, 7) is 4.63. The van der Waals surface area contributed by atoms with E-state index in [0.717, 1.165) is 17.0 Å². The molecule has 0 aliphatic carbocycles. The van der Waals surface area contributed by atoms with E-state index in [0.29, 0.717) is 37.4 Å². The van der Waals surface area contributed by atoms with Gasteiger partial charge in [0, 0.05) is 64.6 Å². The molecule has 8 nitrogen and oxygen atoms in total. The summed E-state index contributed by atoms with van der Waals surface area (Å²) in [6.07, 6.45) is -22.3. The molecule has 3 aliphatic rings. The van der Waals surface area contributed by atoms with Crippen molar-refractivity contribution in [2.75, 3.05) is 57.3 Å². The van der Waals surface area contributed by atoms with Crippen molar-refractivity contribution in [3.8, 4) is 0 Å². The van der Waals surface area contributed by atoms with Gasteiger partial charge in [0.25, 0.3) is 6.10 Å². The van der Waals surface area contributed by atoms with Crippen LogP contribution in [0.15, 0.2) is 18.2 Å². The van der Waals surface area contributed by atoms with E-state index in [-0.39, 0.29) is 44.6 Å². The van der Waals surface area contributed by atoms with Crippen LogP contribution >= 0.6 is 0 Å². The van der Waals surface area contributed by atoms with Gasteiger partial charge in [0.15, 0.2) is 0 Å². The Kier molecular flexibility index (Phi) is 8.83. The van der Waals surface area contributed by atoms with Crippen molar-refractivity contribution in [3.05, 3.63) is 29.3 Å². The number of carbonyl (C=O) groups is 2. The number of hydrogen-bond donors (Lipinski definition) is 1. The molecule has 43 heavy (non-hydrogen) atoms. The fourth-order valence-corrected chi connectivity index (χ4v) is 5.77. The molecule has 3 aliphatic heterocycles. The number of rotatable bonds is 6. The first kappa shape index (κ1) is 33.0. The fourth-order valence-electron chi connectivity index (χ4n) is 5.77. The van der Waals surface area contributed by atoms with E-state index in [1.807, 2.05) is 9.80 Å². The summed E-state index contributed by atoms with van der Waals surface area (Å²) in [7, 11) is 0. The smallest absolute Gasteiger partial charge is 0.434 e. The molecular formula is C26H31F9N4O4. The minimum Gasteiger partial charge on any atom is -0.480 e. The third-order valence-electron chi connectivity index (χ3n) is 8.39. The van der Waals surface area contributed by atoms with E-state index < -0.39 is 47.8 Å². The van der Waals surface area contributed by atoms with Gasteiger partial charge in [-0.3, -0.25) is 14.6 Å². The Morgan fingerprint density at radius 3 is 1.88 bits per heavy atom. The van der Waals surface area contributed by atoms with E-state index in [9.17, 15) is 54.2 Å². The van der Waals surface area contributed by atoms with Gasteiger partial charge in [0.1, 0.15) is 5.54 Å². The van der Waals surface area contributed by atoms with Crippen LogP contribution in [0, 0.1) is 11.8 Å². The molecule has 17 heteroatoms. The van der Waals surface area contributed by atoms with Crippen molar-refractivity contribution in [2.24, 2.45) is 11.8 Å². The predicted octanol–water partition coefficient (Wildman–Crippen LogP) is 4.68. The molecule has 1 N–H and O–H groups in total. The number of fused-ring (bicyclic) bond motifs is 1. The van der Waals surface area contributed by atoms with Crippen molar-refractivity contribution in [1.82, 2.24) is 14.7 Å². The lowest BCUT2D eigenvalue weighted by Gasteiger charge is -2.36. The number of carboxylic acids is 1. The maximum Gasteiger partial charge on any atom is 0.434 e. The third-order valence-corrected chi connectivity index (χ3v) is 8.39. The zero-order valence-electron chi connectivity index (χ0n) is 23.2. The first-order valence-corrected chi connectivity index (χ1v) is 13.4. The molecule has 2 atom stereocenters. The SMILES string of the molecule is CC(C)(C(=O)O)N1CC2CN(c3cc(C(F)(F)F)ccc3CN3CCN(C(=O)OC(C(F)(F)F)C(F)(F)F)CC3)CC2C1. The number of halogens is 9. The Labute approximate surface area is 240 Å². The van der Waals surface area contributed by atoms with Gasteiger partial charge < -0.3 is 19.6 Å². The molecule has 3 heterocycles. The van der Waals surface area contributed by atoms with Gasteiger partial charge in [-0.2, -0.15) is 39.5 Å². The summed E-state index contributed by atoms with van der Waals surface area (Å²) in [6, 6.07) is 3.33. The normalized spacial score (nSPS) is 22.8. The molecule has 1 amide bonds. The van der Waals surface area contributed by atoms with Crippen molar-refractivity contribution in [1.29, 1.82) is 0 Å². The molecule has 1 aromatic carbocycles. The second kappa shape index (κ2) is 11.5. The summed E-state index contributed by atoms with van der Waals surface area (Å²) in [5.41, 5.74) is -1.08. The molecule has 0 bridgehead atoms. The number of aliphatic carboxylic acids is 1. The van der Waals surface area contributed by atoms with Crippen LogP contribution in [-0.4, -0.2) is 108 Å². The lowest BCUT2D eigenvalue weighted by Crippen LogP contribution is -2.52. The number of carbonyl (C=O) groups excluding carboxylic acids is 1. The van der Waals surface area contributed by atoms with E-state index in [2.05, 4.69) is 4.74 Å². The van der Waals surface area contributed by atoms with Crippen LogP contribution in [0.5, 0.6) is 0 Å². The summed E-state index contributed by atoms with van der Waals surface area (Å²) in [5.74, 6) is -0.904. The number of carboxylic acid groups (broad SMARTS) is 1. The summed E-state index contributed by atoms with van der Waals surface area (Å²) < 4.78 is 121. The lowest BCUT2D eigenvalue weighted by atomic mass is 10.0. The zero-order valence-corrected chi connectivity index (χ0v) is 23.2. The molecule has 3 saturated heterocycles. The average molecular weight is 635 g/mol. The van der Waals surface area contributed by atoms with E-state index in [1.54, 1.807) is 18.7 Å². The van der Waals surface area contributed by atoms with Crippen molar-refractivity contribution in [2.45, 2.75) is 50.6 Å². The van der Waals surface area contributed by atoms with Gasteiger partial charge in [-0.05, 0) is 43.4 Å². The highest BCUT2D eigenvalue weighted by molar-refractivity contribution is 5.77. The van der Waals surface area contributed by atoms with Crippen LogP contribution in [0.1, 0.15) is 25.0 Å². The summed E-state index contributed by atoms with van der Waals surface area (Å²) >= 11 is 0. The molecular weight excluding hydrogens is 603 g/mol. The Morgan fingerprint density at radius 2 is 1.42 bits per heavy atom. The third kappa shape index (κ3) is 7.24. The predicted molar refractivity (Wildman–Crippen MR) is 133 cm³/mol. The lowest BCUT2D eigenvalue weighted by molar-refractivity contribution is -0.308. The van der Waals surface area contributed by atoms with E-state index in [4.69, 9.17) is 0 Å². The standard InChI is InChI=1S/C26H31F9N4O4/c1-23(2,21(40)41)39-13-16-11-38(12-17(16)14-39)19-9-18(24(27,28)29)4-3-15(19)10-36-5-7-37(8-6-36)22(42)43-20(25(30,31)32)26(33,34)35/h3-4,9,16-17,20H,5-8,10-14H2,1-2H3,(H,40,41). The average Bonchev–Trinajstić information content (AvgIpc) is 3.46. The van der Waals surface area contributed by atoms with Crippen molar-refractivity contribution in [3.63, 3.8) is 0 Å². The molecule has 2 unspecified atom stereocenters. The summed E-state index contributed by atoms with van der Waals surface area (Å²) in [5, 5.41) is 9.56. The number of hydrogen-bond acceptors (Lipinski definition) is 6. The van der Waals surface area contributed by atoms with Crippen LogP contribution in [0.25, 0.3) is 0 Å². The highest BCUT2D eigenvalue weighted by atomic mass is 19.4. The highest BCUT2D eigenvalue weighted by Crippen LogP contribution is 2.41. The number of benzene rings is 1. The van der Waals surface area contributed by atoms with Crippen LogP contribution < -0.4 is 4.90 Å². The van der Waals surface area contributed by atoms with Gasteiger partial charge in [-0.25, -0.2) is 4.79 Å². The minimum absolute atomic E-state index is 0.0305. The number of alkyl halides is 9. The minimum atomic E-state index is -5.84. The van der Waals surface area contributed by atoms with Gasteiger partial charge in [0.2, 0.25) is 0 Å². The molecule has 3 fully saturated rings. The van der Waals surface area contributed by atoms with E-state index >= 15 is 0 Å². The maximum atomic E-state index is 13.6. The number of likely N-dealkylation sites (tertiary alicyclic amines) is 1. The molecule has 0 aromatic heterocycles. The maximum absolute atomic E-state index is 13.6. The summed E-state index contributed by atoms with van der Waals surface area (Å²) in [4.78, 5) is 29.9. The Hall–Kier alpha value is -2.95. The Morgan fingerprint density at radius 1 is 0.884 bits per heavy atom. The van der Waals surface area contributed by atoms with E-state index in [1.165, 1.54) is 6.07 Å². The van der Waals surface area contributed by atoms with Gasteiger partial charge in [-0.15, -0.1) is 0 Å². The van der Waals surface area contributed by atoms with Crippen molar-refractivity contribution < 1.29 is 58.9 Å². The second-order valence-corrected chi connectivity index (χ2v) is 11.6.